The number of hydrogen-bond acceptors (Lipinski definition) is 7. The van der Waals surface area contributed by atoms with Crippen LogP contribution in [0.25, 0.3) is 0 Å². The average molecular weight is 260 g/mol. The van der Waals surface area contributed by atoms with Crippen LogP contribution in [-0.2, 0) is 5.75 Å². The first-order valence-electron chi connectivity index (χ1n) is 3.93. The molecule has 0 spiro atoms. The molecule has 0 unspecified atom stereocenters. The number of anilines is 1. The Morgan fingerprint density at radius 2 is 2.20 bits per heavy atom. The minimum absolute atomic E-state index is 0.418. The van der Waals surface area contributed by atoms with Gasteiger partial charge in [-0.3, -0.25) is 0 Å². The maximum atomic E-state index is 5.86. The van der Waals surface area contributed by atoms with E-state index in [9.17, 15) is 0 Å². The topological polar surface area (TPSA) is 77.6 Å². The van der Waals surface area contributed by atoms with Crippen LogP contribution in [0.3, 0.4) is 0 Å². The summed E-state index contributed by atoms with van der Waals surface area (Å²) in [7, 11) is 0. The van der Waals surface area contributed by atoms with Crippen LogP contribution < -0.4 is 5.73 Å². The van der Waals surface area contributed by atoms with E-state index >= 15 is 0 Å². The molecule has 0 aliphatic carbocycles. The summed E-state index contributed by atoms with van der Waals surface area (Å²) in [6, 6.07) is 0. The van der Waals surface area contributed by atoms with Gasteiger partial charge in [0.15, 0.2) is 5.82 Å². The highest BCUT2D eigenvalue weighted by Crippen LogP contribution is 2.27. The predicted octanol–water partition coefficient (Wildman–Crippen LogP) is 1.86. The third kappa shape index (κ3) is 2.55. The second-order valence-electron chi connectivity index (χ2n) is 2.53. The van der Waals surface area contributed by atoms with Gasteiger partial charge in [0.2, 0.25) is 0 Å². The fraction of sp³-hybridized carbons (Fsp3) is 0.143. The first-order valence-corrected chi connectivity index (χ1v) is 6.07. The van der Waals surface area contributed by atoms with Crippen LogP contribution in [-0.4, -0.2) is 19.6 Å². The van der Waals surface area contributed by atoms with E-state index in [4.69, 9.17) is 17.3 Å². The van der Waals surface area contributed by atoms with Gasteiger partial charge in [-0.05, 0) is 0 Å². The second-order valence-corrected chi connectivity index (χ2v) is 4.85. The summed E-state index contributed by atoms with van der Waals surface area (Å²) in [6.07, 6.45) is 3.15. The molecule has 0 saturated carbocycles. The zero-order valence-electron chi connectivity index (χ0n) is 7.42. The van der Waals surface area contributed by atoms with Crippen molar-refractivity contribution in [3.63, 3.8) is 0 Å². The molecule has 0 aliphatic rings. The van der Waals surface area contributed by atoms with Gasteiger partial charge in [0.25, 0.3) is 0 Å². The summed E-state index contributed by atoms with van der Waals surface area (Å²) in [5.41, 5.74) is 6.38. The van der Waals surface area contributed by atoms with Gasteiger partial charge >= 0.3 is 0 Å². The lowest BCUT2D eigenvalue weighted by Crippen LogP contribution is -1.95. The first kappa shape index (κ1) is 10.6. The fourth-order valence-electron chi connectivity index (χ4n) is 0.867. The van der Waals surface area contributed by atoms with Gasteiger partial charge < -0.3 is 5.73 Å². The van der Waals surface area contributed by atoms with Gasteiger partial charge in [-0.2, -0.15) is 0 Å². The SMILES string of the molecule is Nc1nccnc1SCc1nnsc1Cl. The number of halogens is 1. The summed E-state index contributed by atoms with van der Waals surface area (Å²) >= 11 is 8.47. The van der Waals surface area contributed by atoms with Gasteiger partial charge in [-0.15, -0.1) is 5.10 Å². The van der Waals surface area contributed by atoms with Crippen molar-refractivity contribution in [2.75, 3.05) is 5.73 Å². The molecule has 8 heteroatoms. The molecule has 15 heavy (non-hydrogen) atoms. The van der Waals surface area contributed by atoms with Crippen molar-refractivity contribution in [2.24, 2.45) is 0 Å². The maximum Gasteiger partial charge on any atom is 0.156 e. The van der Waals surface area contributed by atoms with Crippen LogP contribution >= 0.6 is 34.9 Å². The highest BCUT2D eigenvalue weighted by atomic mass is 35.5. The monoisotopic (exact) mass is 259 g/mol. The van der Waals surface area contributed by atoms with E-state index in [1.54, 1.807) is 12.4 Å². The van der Waals surface area contributed by atoms with Crippen LogP contribution in [0.1, 0.15) is 5.69 Å². The first-order chi connectivity index (χ1) is 7.27. The Labute approximate surface area is 99.2 Å². The molecule has 2 N–H and O–H groups in total. The van der Waals surface area contributed by atoms with Crippen molar-refractivity contribution >= 4 is 40.7 Å². The molecular formula is C7H6ClN5S2. The lowest BCUT2D eigenvalue weighted by atomic mass is 10.6. The largest absolute Gasteiger partial charge is 0.381 e. The molecule has 2 aromatic rings. The number of hydrogen-bond donors (Lipinski definition) is 1. The summed E-state index contributed by atoms with van der Waals surface area (Å²) in [4.78, 5) is 8.02. The number of thioether (sulfide) groups is 1. The van der Waals surface area contributed by atoms with Crippen LogP contribution in [0.4, 0.5) is 5.82 Å². The molecule has 0 bridgehead atoms. The van der Waals surface area contributed by atoms with Crippen molar-refractivity contribution in [3.8, 4) is 0 Å². The average Bonchev–Trinajstić information content (AvgIpc) is 2.63. The minimum Gasteiger partial charge on any atom is -0.381 e. The van der Waals surface area contributed by atoms with Crippen LogP contribution in [0, 0.1) is 0 Å². The van der Waals surface area contributed by atoms with E-state index in [0.29, 0.717) is 20.9 Å². The Morgan fingerprint density at radius 3 is 2.87 bits per heavy atom. The van der Waals surface area contributed by atoms with Crippen LogP contribution in [0.2, 0.25) is 4.34 Å². The van der Waals surface area contributed by atoms with Crippen molar-refractivity contribution in [1.29, 1.82) is 0 Å². The lowest BCUT2D eigenvalue weighted by Gasteiger charge is -2.00. The smallest absolute Gasteiger partial charge is 0.156 e. The molecule has 0 amide bonds. The molecule has 5 nitrogen and oxygen atoms in total. The standard InChI is InChI=1S/C7H6ClN5S2/c8-5-4(12-13-15-5)3-14-7-6(9)10-1-2-11-7/h1-2H,3H2,(H2,9,10). The van der Waals surface area contributed by atoms with Crippen molar-refractivity contribution in [1.82, 2.24) is 19.6 Å². The highest BCUT2D eigenvalue weighted by molar-refractivity contribution is 7.98. The Bertz CT molecular complexity index is 460. The quantitative estimate of drug-likeness (QED) is 0.848. The van der Waals surface area contributed by atoms with Crippen molar-refractivity contribution < 1.29 is 0 Å². The van der Waals surface area contributed by atoms with E-state index in [-0.39, 0.29) is 0 Å². The maximum absolute atomic E-state index is 5.86. The predicted molar refractivity (Wildman–Crippen MR) is 60.9 cm³/mol. The molecule has 2 aromatic heterocycles. The third-order valence-electron chi connectivity index (χ3n) is 1.55. The number of aromatic nitrogens is 4. The second kappa shape index (κ2) is 4.73. The van der Waals surface area contributed by atoms with Gasteiger partial charge in [-0.1, -0.05) is 27.9 Å². The highest BCUT2D eigenvalue weighted by Gasteiger charge is 2.08. The van der Waals surface area contributed by atoms with Gasteiger partial charge in [0, 0.05) is 29.7 Å². The molecule has 0 aromatic carbocycles. The molecule has 0 fully saturated rings. The Hall–Kier alpha value is -0.920. The number of rotatable bonds is 3. The van der Waals surface area contributed by atoms with Crippen molar-refractivity contribution in [2.45, 2.75) is 10.8 Å². The fourth-order valence-corrected chi connectivity index (χ4v) is 2.48. The summed E-state index contributed by atoms with van der Waals surface area (Å²) in [6.45, 7) is 0. The molecule has 0 atom stereocenters. The zero-order valence-corrected chi connectivity index (χ0v) is 9.81. The van der Waals surface area contributed by atoms with Gasteiger partial charge in [-0.25, -0.2) is 9.97 Å². The van der Waals surface area contributed by atoms with Crippen molar-refractivity contribution in [3.05, 3.63) is 22.4 Å². The molecule has 0 aliphatic heterocycles. The number of nitrogens with zero attached hydrogens (tertiary/aromatic N) is 4. The van der Waals surface area contributed by atoms with E-state index in [2.05, 4.69) is 19.6 Å². The van der Waals surface area contributed by atoms with E-state index in [0.717, 1.165) is 5.69 Å². The van der Waals surface area contributed by atoms with E-state index in [1.807, 2.05) is 0 Å². The minimum atomic E-state index is 0.418. The Morgan fingerprint density at radius 1 is 1.40 bits per heavy atom. The van der Waals surface area contributed by atoms with Crippen LogP contribution in [0.15, 0.2) is 17.4 Å². The molecule has 0 saturated heterocycles. The molecular weight excluding hydrogens is 254 g/mol. The number of nitrogens with two attached hydrogens (primary N) is 1. The third-order valence-corrected chi connectivity index (χ3v) is 3.54. The van der Waals surface area contributed by atoms with Gasteiger partial charge in [0.1, 0.15) is 15.1 Å². The molecule has 2 heterocycles. The van der Waals surface area contributed by atoms with Crippen LogP contribution in [0.5, 0.6) is 0 Å². The Balaban J connectivity index is 2.06. The Kier molecular flexibility index (Phi) is 3.34. The molecule has 0 radical (unpaired) electrons. The lowest BCUT2D eigenvalue weighted by molar-refractivity contribution is 1.05. The number of nitrogen functional groups attached to an aromatic ring is 1. The van der Waals surface area contributed by atoms with E-state index in [1.165, 1.54) is 23.3 Å². The summed E-state index contributed by atoms with van der Waals surface area (Å²) < 4.78 is 4.34. The zero-order chi connectivity index (χ0) is 10.7. The normalized spacial score (nSPS) is 10.5. The molecule has 2 rings (SSSR count). The summed E-state index contributed by atoms with van der Waals surface area (Å²) in [5.74, 6) is 1.01. The van der Waals surface area contributed by atoms with E-state index < -0.39 is 0 Å². The van der Waals surface area contributed by atoms with Gasteiger partial charge in [0.05, 0.1) is 0 Å². The summed E-state index contributed by atoms with van der Waals surface area (Å²) in [5, 5.41) is 4.57. The molecule has 78 valence electrons.